The normalized spacial score (nSPS) is 13.7. The van der Waals surface area contributed by atoms with Gasteiger partial charge in [0.15, 0.2) is 0 Å². The minimum Gasteiger partial charge on any atom is -0.462 e. The second-order valence-corrected chi connectivity index (χ2v) is 18.3. The molecule has 0 aliphatic carbocycles. The Kier molecular flexibility index (Phi) is 48.6. The zero-order valence-electron chi connectivity index (χ0n) is 41.7. The van der Waals surface area contributed by atoms with Crippen LogP contribution in [0.25, 0.3) is 0 Å². The number of hydrogen-bond donors (Lipinski definition) is 3. The van der Waals surface area contributed by atoms with Gasteiger partial charge >= 0.3 is 5.97 Å². The Morgan fingerprint density at radius 1 is 0.460 bits per heavy atom. The molecule has 0 aromatic carbocycles. The van der Waals surface area contributed by atoms with Crippen LogP contribution < -0.4 is 5.32 Å². The first-order chi connectivity index (χ1) is 31.0. The molecule has 0 aromatic rings. The summed E-state index contributed by atoms with van der Waals surface area (Å²) < 4.78 is 5.92. The van der Waals surface area contributed by atoms with E-state index in [4.69, 9.17) is 4.74 Å². The lowest BCUT2D eigenvalue weighted by molar-refractivity contribution is -0.151. The summed E-state index contributed by atoms with van der Waals surface area (Å²) in [7, 11) is 0. The summed E-state index contributed by atoms with van der Waals surface area (Å²) in [5.41, 5.74) is 0. The molecular formula is C57H103NO5. The van der Waals surface area contributed by atoms with Crippen molar-refractivity contribution in [2.45, 2.75) is 283 Å². The number of aliphatic hydroxyl groups is 2. The number of allylic oxidation sites excluding steroid dienone is 10. The minimum atomic E-state index is -0.798. The van der Waals surface area contributed by atoms with Gasteiger partial charge < -0.3 is 20.3 Å². The largest absolute Gasteiger partial charge is 0.462 e. The molecule has 0 radical (unpaired) electrons. The highest BCUT2D eigenvalue weighted by molar-refractivity contribution is 5.77. The Balaban J connectivity index is 4.64. The molecule has 63 heavy (non-hydrogen) atoms. The Labute approximate surface area is 390 Å². The number of carbonyl (C=O) groups excluding carboxylic acids is 2. The molecule has 0 aliphatic heterocycles. The van der Waals surface area contributed by atoms with Crippen LogP contribution in [0.1, 0.15) is 265 Å². The van der Waals surface area contributed by atoms with Crippen LogP contribution in [0.2, 0.25) is 0 Å². The second-order valence-electron chi connectivity index (χ2n) is 18.3. The molecule has 0 fully saturated rings. The molecule has 3 atom stereocenters. The Morgan fingerprint density at radius 3 is 1.29 bits per heavy atom. The highest BCUT2D eigenvalue weighted by Crippen LogP contribution is 2.17. The Morgan fingerprint density at radius 2 is 0.810 bits per heavy atom. The van der Waals surface area contributed by atoms with E-state index < -0.39 is 18.2 Å². The number of nitrogens with one attached hydrogen (secondary N) is 1. The topological polar surface area (TPSA) is 95.9 Å². The number of rotatable bonds is 48. The fourth-order valence-electron chi connectivity index (χ4n) is 7.94. The van der Waals surface area contributed by atoms with E-state index in [2.05, 4.69) is 86.8 Å². The van der Waals surface area contributed by atoms with Crippen molar-refractivity contribution >= 4 is 11.9 Å². The maximum atomic E-state index is 13.2. The van der Waals surface area contributed by atoms with Gasteiger partial charge in [0.1, 0.15) is 6.10 Å². The fraction of sp³-hybridized carbons (Fsp3) is 0.789. The van der Waals surface area contributed by atoms with Gasteiger partial charge in [-0.2, -0.15) is 0 Å². The molecule has 366 valence electrons. The van der Waals surface area contributed by atoms with Crippen molar-refractivity contribution in [1.82, 2.24) is 5.32 Å². The maximum absolute atomic E-state index is 13.2. The smallest absolute Gasteiger partial charge is 0.306 e. The van der Waals surface area contributed by atoms with Crippen molar-refractivity contribution < 1.29 is 24.5 Å². The standard InChI is InChI=1S/C57H103NO5/c1-4-7-10-13-16-19-22-24-26-27-28-29-30-32-35-38-41-44-47-50-57(62)63-53(48-45-42-39-36-34-31-25-23-20-17-14-11-8-5-2)51-56(61)58-54(52-59)55(60)49-46-43-40-37-33-21-18-15-12-9-6-3/h16,19,24,26,28-29,31-32,34-35,53-55,59-60H,4-15,17-18,20-23,25,27,30,33,36-52H2,1-3H3,(H,58,61)/b19-16-,26-24-,29-28-,34-31+,35-32-. The maximum Gasteiger partial charge on any atom is 0.306 e. The molecule has 1 amide bonds. The zero-order chi connectivity index (χ0) is 45.9. The average molecular weight is 882 g/mol. The van der Waals surface area contributed by atoms with E-state index in [0.717, 1.165) is 96.3 Å². The van der Waals surface area contributed by atoms with Gasteiger partial charge in [0.2, 0.25) is 5.91 Å². The molecule has 6 nitrogen and oxygen atoms in total. The van der Waals surface area contributed by atoms with Crippen LogP contribution >= 0.6 is 0 Å². The van der Waals surface area contributed by atoms with Gasteiger partial charge in [-0.25, -0.2) is 0 Å². The molecule has 0 saturated heterocycles. The number of hydrogen-bond acceptors (Lipinski definition) is 5. The van der Waals surface area contributed by atoms with Gasteiger partial charge in [-0.3, -0.25) is 9.59 Å². The van der Waals surface area contributed by atoms with E-state index >= 15 is 0 Å². The van der Waals surface area contributed by atoms with E-state index in [-0.39, 0.29) is 24.9 Å². The van der Waals surface area contributed by atoms with Crippen LogP contribution in [-0.2, 0) is 14.3 Å². The summed E-state index contributed by atoms with van der Waals surface area (Å²) in [6, 6.07) is -0.713. The number of carbonyl (C=O) groups is 2. The lowest BCUT2D eigenvalue weighted by atomic mass is 10.0. The van der Waals surface area contributed by atoms with Gasteiger partial charge in [0.05, 0.1) is 25.2 Å². The molecule has 3 N–H and O–H groups in total. The number of aliphatic hydroxyl groups excluding tert-OH is 2. The third-order valence-electron chi connectivity index (χ3n) is 12.1. The van der Waals surface area contributed by atoms with Crippen molar-refractivity contribution in [3.05, 3.63) is 60.8 Å². The fourth-order valence-corrected chi connectivity index (χ4v) is 7.94. The number of esters is 1. The van der Waals surface area contributed by atoms with Crippen LogP contribution in [0.4, 0.5) is 0 Å². The molecule has 0 aliphatic rings. The van der Waals surface area contributed by atoms with Crippen molar-refractivity contribution in [2.24, 2.45) is 0 Å². The molecular weight excluding hydrogens is 779 g/mol. The predicted octanol–water partition coefficient (Wildman–Crippen LogP) is 16.4. The molecule has 0 bridgehead atoms. The molecule has 6 heteroatoms. The van der Waals surface area contributed by atoms with Crippen LogP contribution in [0.5, 0.6) is 0 Å². The van der Waals surface area contributed by atoms with E-state index in [1.54, 1.807) is 0 Å². The molecule has 3 unspecified atom stereocenters. The van der Waals surface area contributed by atoms with E-state index in [1.807, 2.05) is 0 Å². The van der Waals surface area contributed by atoms with Crippen LogP contribution in [-0.4, -0.2) is 46.9 Å². The van der Waals surface area contributed by atoms with Gasteiger partial charge in [0, 0.05) is 6.42 Å². The van der Waals surface area contributed by atoms with Crippen molar-refractivity contribution in [2.75, 3.05) is 6.61 Å². The van der Waals surface area contributed by atoms with Crippen molar-refractivity contribution in [3.8, 4) is 0 Å². The van der Waals surface area contributed by atoms with E-state index in [1.165, 1.54) is 122 Å². The summed E-state index contributed by atoms with van der Waals surface area (Å²) in [6.07, 6.45) is 62.8. The van der Waals surface area contributed by atoms with Crippen LogP contribution in [0.3, 0.4) is 0 Å². The van der Waals surface area contributed by atoms with Gasteiger partial charge in [-0.1, -0.05) is 216 Å². The Hall–Kier alpha value is -2.44. The minimum absolute atomic E-state index is 0.0534. The first-order valence-electron chi connectivity index (χ1n) is 27.0. The monoisotopic (exact) mass is 882 g/mol. The summed E-state index contributed by atoms with van der Waals surface area (Å²) in [6.45, 7) is 6.44. The van der Waals surface area contributed by atoms with Crippen molar-refractivity contribution in [3.63, 3.8) is 0 Å². The van der Waals surface area contributed by atoms with E-state index in [0.29, 0.717) is 19.3 Å². The summed E-state index contributed by atoms with van der Waals surface area (Å²) >= 11 is 0. The molecule has 0 rings (SSSR count). The van der Waals surface area contributed by atoms with Gasteiger partial charge in [-0.05, 0) is 96.3 Å². The first-order valence-corrected chi connectivity index (χ1v) is 27.0. The zero-order valence-corrected chi connectivity index (χ0v) is 41.7. The molecule has 0 aromatic heterocycles. The lowest BCUT2D eigenvalue weighted by Gasteiger charge is -2.24. The van der Waals surface area contributed by atoms with Gasteiger partial charge in [0.25, 0.3) is 0 Å². The third kappa shape index (κ3) is 45.9. The SMILES string of the molecule is CCCCC/C=C\C/C=C\C/C=C\C/C=C\CCCCCC(=O)OC(CCCCC/C=C/CCCCCCCCC)CC(=O)NC(CO)C(O)CCCCCCCCCCCCC. The van der Waals surface area contributed by atoms with Crippen LogP contribution in [0, 0.1) is 0 Å². The third-order valence-corrected chi connectivity index (χ3v) is 12.1. The molecule has 0 spiro atoms. The van der Waals surface area contributed by atoms with Gasteiger partial charge in [-0.15, -0.1) is 0 Å². The van der Waals surface area contributed by atoms with Crippen LogP contribution in [0.15, 0.2) is 60.8 Å². The van der Waals surface area contributed by atoms with Crippen molar-refractivity contribution in [1.29, 1.82) is 0 Å². The highest BCUT2D eigenvalue weighted by atomic mass is 16.5. The Bertz CT molecular complexity index is 1130. The quantitative estimate of drug-likeness (QED) is 0.0321. The average Bonchev–Trinajstić information content (AvgIpc) is 3.28. The molecule has 0 saturated carbocycles. The number of unbranched alkanes of at least 4 members (excludes halogenated alkanes) is 26. The number of ether oxygens (including phenoxy) is 1. The second kappa shape index (κ2) is 50.6. The molecule has 0 heterocycles. The lowest BCUT2D eigenvalue weighted by Crippen LogP contribution is -2.46. The highest BCUT2D eigenvalue weighted by Gasteiger charge is 2.24. The summed E-state index contributed by atoms with van der Waals surface area (Å²) in [4.78, 5) is 26.2. The first kappa shape index (κ1) is 60.6. The summed E-state index contributed by atoms with van der Waals surface area (Å²) in [5, 5.41) is 23.8. The predicted molar refractivity (Wildman–Crippen MR) is 273 cm³/mol. The van der Waals surface area contributed by atoms with E-state index in [9.17, 15) is 19.8 Å². The number of amides is 1. The summed E-state index contributed by atoms with van der Waals surface area (Å²) in [5.74, 6) is -0.522.